The maximum atomic E-state index is 13.3. The van der Waals surface area contributed by atoms with Gasteiger partial charge in [-0.15, -0.1) is 0 Å². The molecule has 0 aliphatic rings. The largest absolute Gasteiger partial charge is 0.480 e. The van der Waals surface area contributed by atoms with Gasteiger partial charge in [-0.05, 0) is 22.8 Å². The fourth-order valence-electron chi connectivity index (χ4n) is 3.55. The Morgan fingerprint density at radius 3 is 2.33 bits per heavy atom. The van der Waals surface area contributed by atoms with Crippen LogP contribution in [-0.2, 0) is 14.1 Å². The molecule has 0 unspecified atom stereocenters. The van der Waals surface area contributed by atoms with Gasteiger partial charge in [0.25, 0.3) is 11.5 Å². The summed E-state index contributed by atoms with van der Waals surface area (Å²) in [6, 6.07) is 17.0. The minimum Gasteiger partial charge on any atom is -0.480 e. The van der Waals surface area contributed by atoms with Crippen LogP contribution in [0.1, 0.15) is 10.4 Å². The van der Waals surface area contributed by atoms with Crippen LogP contribution in [0.2, 0.25) is 0 Å². The van der Waals surface area contributed by atoms with Crippen molar-refractivity contribution in [3.63, 3.8) is 0 Å². The van der Waals surface area contributed by atoms with Crippen molar-refractivity contribution in [2.45, 2.75) is 0 Å². The average Bonchev–Trinajstić information content (AvgIpc) is 2.85. The molecule has 166 valence electrons. The summed E-state index contributed by atoms with van der Waals surface area (Å²) in [5, 5.41) is 2.58. The summed E-state index contributed by atoms with van der Waals surface area (Å²) in [7, 11) is 4.28. The van der Waals surface area contributed by atoms with Gasteiger partial charge >= 0.3 is 5.69 Å². The molecule has 2 aromatic carbocycles. The summed E-state index contributed by atoms with van der Waals surface area (Å²) in [6.45, 7) is 0. The minimum atomic E-state index is -0.716. The number of hydrogen-bond acceptors (Lipinski definition) is 6. The molecule has 2 heterocycles. The molecule has 0 aliphatic carbocycles. The Hall–Kier alpha value is -4.53. The van der Waals surface area contributed by atoms with Gasteiger partial charge < -0.3 is 10.1 Å². The number of anilines is 1. The van der Waals surface area contributed by atoms with E-state index in [-0.39, 0.29) is 23.0 Å². The van der Waals surface area contributed by atoms with Gasteiger partial charge in [-0.1, -0.05) is 48.5 Å². The van der Waals surface area contributed by atoms with E-state index >= 15 is 0 Å². The van der Waals surface area contributed by atoms with Gasteiger partial charge in [-0.3, -0.25) is 23.7 Å². The zero-order valence-corrected chi connectivity index (χ0v) is 18.3. The molecule has 9 heteroatoms. The zero-order chi connectivity index (χ0) is 23.5. The monoisotopic (exact) mass is 443 g/mol. The molecule has 0 aliphatic heterocycles. The molecule has 0 saturated carbocycles. The first-order valence-electron chi connectivity index (χ1n) is 10.0. The summed E-state index contributed by atoms with van der Waals surface area (Å²) in [6.07, 6.45) is 2.73. The second kappa shape index (κ2) is 8.91. The van der Waals surface area contributed by atoms with Gasteiger partial charge in [0.1, 0.15) is 5.56 Å². The maximum absolute atomic E-state index is 13.3. The van der Waals surface area contributed by atoms with Crippen molar-refractivity contribution in [2.75, 3.05) is 12.4 Å². The maximum Gasteiger partial charge on any atom is 0.330 e. The van der Waals surface area contributed by atoms with Gasteiger partial charge in [0, 0.05) is 14.1 Å². The molecule has 0 radical (unpaired) electrons. The predicted molar refractivity (Wildman–Crippen MR) is 124 cm³/mol. The lowest BCUT2D eigenvalue weighted by Gasteiger charge is -2.16. The molecule has 0 fully saturated rings. The molecular formula is C24H21N5O4. The fourth-order valence-corrected chi connectivity index (χ4v) is 3.55. The van der Waals surface area contributed by atoms with E-state index in [4.69, 9.17) is 4.74 Å². The Morgan fingerprint density at radius 1 is 0.909 bits per heavy atom. The van der Waals surface area contributed by atoms with Crippen LogP contribution in [-0.4, -0.2) is 32.1 Å². The molecule has 0 spiro atoms. The fraction of sp³-hybridized carbons (Fsp3) is 0.125. The number of ether oxygens (including phenoxy) is 1. The molecule has 0 bridgehead atoms. The van der Waals surface area contributed by atoms with Gasteiger partial charge in [0.15, 0.2) is 5.82 Å². The molecule has 0 atom stereocenters. The smallest absolute Gasteiger partial charge is 0.330 e. The summed E-state index contributed by atoms with van der Waals surface area (Å²) in [4.78, 5) is 47.1. The van der Waals surface area contributed by atoms with E-state index in [1.165, 1.54) is 38.2 Å². The van der Waals surface area contributed by atoms with Crippen molar-refractivity contribution in [3.05, 3.63) is 93.4 Å². The van der Waals surface area contributed by atoms with Gasteiger partial charge in [0.2, 0.25) is 5.88 Å². The minimum absolute atomic E-state index is 0.110. The van der Waals surface area contributed by atoms with Crippen molar-refractivity contribution < 1.29 is 9.53 Å². The number of nitrogens with one attached hydrogen (secondary N) is 1. The van der Waals surface area contributed by atoms with Crippen molar-refractivity contribution in [2.24, 2.45) is 14.1 Å². The van der Waals surface area contributed by atoms with Gasteiger partial charge in [-0.2, -0.15) is 4.98 Å². The normalized spacial score (nSPS) is 10.6. The zero-order valence-electron chi connectivity index (χ0n) is 18.3. The Bertz CT molecular complexity index is 1460. The molecule has 9 nitrogen and oxygen atoms in total. The Balaban J connectivity index is 1.88. The van der Waals surface area contributed by atoms with Crippen LogP contribution in [0, 0.1) is 0 Å². The first kappa shape index (κ1) is 21.7. The summed E-state index contributed by atoms with van der Waals surface area (Å²) >= 11 is 0. The van der Waals surface area contributed by atoms with E-state index in [0.29, 0.717) is 5.56 Å². The number of rotatable bonds is 5. The van der Waals surface area contributed by atoms with Crippen LogP contribution in [0.5, 0.6) is 5.88 Å². The lowest BCUT2D eigenvalue weighted by atomic mass is 9.99. The van der Waals surface area contributed by atoms with Crippen molar-refractivity contribution >= 4 is 11.7 Å². The van der Waals surface area contributed by atoms with Crippen molar-refractivity contribution in [1.82, 2.24) is 19.1 Å². The Kier molecular flexibility index (Phi) is 5.86. The van der Waals surface area contributed by atoms with E-state index in [2.05, 4.69) is 15.3 Å². The molecule has 1 N–H and O–H groups in total. The standard InChI is InChI=1S/C24H21N5O4/c1-28-21(17-11-7-10-16(12-17)15-8-5-4-6-9-15)20(23(31)29(2)24(28)32)22(30)27-18-13-25-14-19(26-18)33-3/h4-14H,1-3H3,(H,26,27,30). The van der Waals surface area contributed by atoms with Crippen LogP contribution in [0.25, 0.3) is 22.4 Å². The van der Waals surface area contributed by atoms with Crippen LogP contribution in [0.15, 0.2) is 76.6 Å². The third-order valence-electron chi connectivity index (χ3n) is 5.20. The molecule has 4 aromatic rings. The van der Waals surface area contributed by atoms with Crippen molar-refractivity contribution in [1.29, 1.82) is 0 Å². The predicted octanol–water partition coefficient (Wildman–Crippen LogP) is 2.47. The van der Waals surface area contributed by atoms with E-state index in [1.54, 1.807) is 6.07 Å². The molecule has 4 rings (SSSR count). The summed E-state index contributed by atoms with van der Waals surface area (Å²) in [5.74, 6) is -0.398. The molecule has 33 heavy (non-hydrogen) atoms. The lowest BCUT2D eigenvalue weighted by Crippen LogP contribution is -2.42. The number of carbonyl (C=O) groups is 1. The first-order chi connectivity index (χ1) is 15.9. The van der Waals surface area contributed by atoms with E-state index in [9.17, 15) is 14.4 Å². The van der Waals surface area contributed by atoms with Crippen molar-refractivity contribution in [3.8, 4) is 28.3 Å². The number of nitrogens with zero attached hydrogens (tertiary/aromatic N) is 4. The average molecular weight is 443 g/mol. The molecular weight excluding hydrogens is 422 g/mol. The Labute approximate surface area is 189 Å². The SMILES string of the molecule is COc1cncc(NC(=O)c2c(-c3cccc(-c4ccccc4)c3)n(C)c(=O)n(C)c2=O)n1. The van der Waals surface area contributed by atoms with Crippen LogP contribution in [0.4, 0.5) is 5.82 Å². The Morgan fingerprint density at radius 2 is 1.61 bits per heavy atom. The van der Waals surface area contributed by atoms with E-state index in [0.717, 1.165) is 15.7 Å². The lowest BCUT2D eigenvalue weighted by molar-refractivity contribution is 0.102. The second-order valence-electron chi connectivity index (χ2n) is 7.28. The van der Waals surface area contributed by atoms with Gasteiger partial charge in [-0.25, -0.2) is 4.79 Å². The number of aromatic nitrogens is 4. The highest BCUT2D eigenvalue weighted by Crippen LogP contribution is 2.27. The number of benzene rings is 2. The highest BCUT2D eigenvalue weighted by atomic mass is 16.5. The number of methoxy groups -OCH3 is 1. The topological polar surface area (TPSA) is 108 Å². The summed E-state index contributed by atoms with van der Waals surface area (Å²) in [5.41, 5.74) is 1.15. The number of amides is 1. The van der Waals surface area contributed by atoms with E-state index in [1.807, 2.05) is 48.5 Å². The van der Waals surface area contributed by atoms with Crippen LogP contribution >= 0.6 is 0 Å². The third kappa shape index (κ3) is 4.16. The first-order valence-corrected chi connectivity index (χ1v) is 10.0. The number of carbonyl (C=O) groups excluding carboxylic acids is 1. The van der Waals surface area contributed by atoms with E-state index < -0.39 is 17.2 Å². The summed E-state index contributed by atoms with van der Waals surface area (Å²) < 4.78 is 7.22. The molecule has 1 amide bonds. The van der Waals surface area contributed by atoms with Crippen LogP contribution in [0.3, 0.4) is 0 Å². The highest BCUT2D eigenvalue weighted by molar-refractivity contribution is 6.07. The number of hydrogen-bond donors (Lipinski definition) is 1. The molecule has 2 aromatic heterocycles. The quantitative estimate of drug-likeness (QED) is 0.508. The third-order valence-corrected chi connectivity index (χ3v) is 5.20. The molecule has 0 saturated heterocycles. The highest BCUT2D eigenvalue weighted by Gasteiger charge is 2.24. The second-order valence-corrected chi connectivity index (χ2v) is 7.28. The van der Waals surface area contributed by atoms with Gasteiger partial charge in [0.05, 0.1) is 25.2 Å². The van der Waals surface area contributed by atoms with Crippen LogP contribution < -0.4 is 21.3 Å².